The summed E-state index contributed by atoms with van der Waals surface area (Å²) in [6.45, 7) is 4.37. The number of methoxy groups -OCH3 is 1. The van der Waals surface area contributed by atoms with Gasteiger partial charge in [-0.05, 0) is 32.1 Å². The van der Waals surface area contributed by atoms with E-state index in [1.54, 1.807) is 7.11 Å². The molecule has 124 valence electrons. The van der Waals surface area contributed by atoms with E-state index in [4.69, 9.17) is 10.5 Å². The molecule has 2 atom stereocenters. The summed E-state index contributed by atoms with van der Waals surface area (Å²) in [7, 11) is 1.77. The van der Waals surface area contributed by atoms with Crippen molar-refractivity contribution in [2.75, 3.05) is 7.11 Å². The number of nitrogens with one attached hydrogen (secondary N) is 1. The van der Waals surface area contributed by atoms with Crippen LogP contribution in [0.5, 0.6) is 0 Å². The fourth-order valence-electron chi connectivity index (χ4n) is 4.19. The molecule has 0 heterocycles. The van der Waals surface area contributed by atoms with Crippen LogP contribution < -0.4 is 11.1 Å². The van der Waals surface area contributed by atoms with Gasteiger partial charge in [0.25, 0.3) is 0 Å². The monoisotopic (exact) mass is 318 g/mol. The van der Waals surface area contributed by atoms with E-state index in [0.717, 1.165) is 44.9 Å². The van der Waals surface area contributed by atoms with Crippen molar-refractivity contribution in [3.63, 3.8) is 0 Å². The maximum Gasteiger partial charge on any atom is 0.240 e. The van der Waals surface area contributed by atoms with E-state index >= 15 is 0 Å². The summed E-state index contributed by atoms with van der Waals surface area (Å²) in [4.78, 5) is 12.6. The third kappa shape index (κ3) is 3.22. The average molecular weight is 319 g/mol. The summed E-state index contributed by atoms with van der Waals surface area (Å²) in [5.74, 6) is 0.0584. The lowest BCUT2D eigenvalue weighted by molar-refractivity contribution is -0.145. The van der Waals surface area contributed by atoms with Gasteiger partial charge in [-0.2, -0.15) is 0 Å². The van der Waals surface area contributed by atoms with Crippen molar-refractivity contribution in [3.8, 4) is 0 Å². The van der Waals surface area contributed by atoms with Gasteiger partial charge in [0, 0.05) is 18.6 Å². The first-order chi connectivity index (χ1) is 9.52. The number of amides is 1. The quantitative estimate of drug-likeness (QED) is 0.819. The Bertz CT molecular complexity index is 352. The molecule has 4 nitrogen and oxygen atoms in total. The van der Waals surface area contributed by atoms with Crippen LogP contribution in [-0.4, -0.2) is 30.7 Å². The first kappa shape index (κ1) is 18.7. The van der Waals surface area contributed by atoms with Gasteiger partial charge in [0.05, 0.1) is 11.6 Å². The number of rotatable bonds is 5. The van der Waals surface area contributed by atoms with E-state index in [-0.39, 0.29) is 35.9 Å². The van der Waals surface area contributed by atoms with Crippen LogP contribution in [0.2, 0.25) is 0 Å². The van der Waals surface area contributed by atoms with Crippen LogP contribution in [0.1, 0.15) is 65.2 Å². The van der Waals surface area contributed by atoms with Crippen molar-refractivity contribution in [2.24, 2.45) is 11.1 Å². The Balaban J connectivity index is 0.00000220. The lowest BCUT2D eigenvalue weighted by atomic mass is 9.58. The van der Waals surface area contributed by atoms with Crippen molar-refractivity contribution >= 4 is 18.3 Å². The minimum atomic E-state index is -0.635. The molecule has 0 saturated heterocycles. The Labute approximate surface area is 135 Å². The lowest BCUT2D eigenvalue weighted by Gasteiger charge is -2.55. The first-order valence-electron chi connectivity index (χ1n) is 8.15. The molecule has 2 fully saturated rings. The molecule has 0 aromatic heterocycles. The normalized spacial score (nSPS) is 29.9. The molecule has 2 saturated carbocycles. The third-order valence-corrected chi connectivity index (χ3v) is 5.89. The maximum absolute atomic E-state index is 12.6. The number of ether oxygens (including phenoxy) is 1. The molecule has 0 spiro atoms. The number of carbonyl (C=O) groups excluding carboxylic acids is 1. The van der Waals surface area contributed by atoms with Gasteiger partial charge in [0.2, 0.25) is 5.91 Å². The molecule has 0 bridgehead atoms. The van der Waals surface area contributed by atoms with Gasteiger partial charge in [-0.3, -0.25) is 4.79 Å². The molecule has 0 aromatic carbocycles. The summed E-state index contributed by atoms with van der Waals surface area (Å²) in [6, 6.07) is 0.220. The second-order valence-corrected chi connectivity index (χ2v) is 6.64. The van der Waals surface area contributed by atoms with Crippen molar-refractivity contribution < 1.29 is 9.53 Å². The van der Waals surface area contributed by atoms with Crippen LogP contribution >= 0.6 is 12.4 Å². The third-order valence-electron chi connectivity index (χ3n) is 5.89. The van der Waals surface area contributed by atoms with E-state index in [1.165, 1.54) is 6.42 Å². The largest absolute Gasteiger partial charge is 0.381 e. The highest BCUT2D eigenvalue weighted by Gasteiger charge is 2.54. The highest BCUT2D eigenvalue weighted by atomic mass is 35.5. The van der Waals surface area contributed by atoms with E-state index in [1.807, 2.05) is 0 Å². The van der Waals surface area contributed by atoms with E-state index in [9.17, 15) is 4.79 Å². The predicted octanol–water partition coefficient (Wildman–Crippen LogP) is 2.78. The van der Waals surface area contributed by atoms with E-state index in [2.05, 4.69) is 19.2 Å². The zero-order chi connectivity index (χ0) is 14.8. The molecule has 1 amide bonds. The molecule has 0 aliphatic heterocycles. The zero-order valence-electron chi connectivity index (χ0n) is 13.6. The Morgan fingerprint density at radius 3 is 2.29 bits per heavy atom. The second-order valence-electron chi connectivity index (χ2n) is 6.64. The Hall–Kier alpha value is -0.320. The fraction of sp³-hybridized carbons (Fsp3) is 0.938. The molecular weight excluding hydrogens is 288 g/mol. The SMILES string of the molecule is CCC1(CC)C(NC(=O)C2(N)CCCCC2)CC1OC.Cl. The first-order valence-corrected chi connectivity index (χ1v) is 8.15. The molecule has 2 rings (SSSR count). The van der Waals surface area contributed by atoms with E-state index < -0.39 is 5.54 Å². The number of hydrogen-bond acceptors (Lipinski definition) is 3. The molecule has 21 heavy (non-hydrogen) atoms. The topological polar surface area (TPSA) is 64.4 Å². The van der Waals surface area contributed by atoms with Crippen molar-refractivity contribution in [1.29, 1.82) is 0 Å². The molecule has 2 unspecified atom stereocenters. The van der Waals surface area contributed by atoms with Crippen LogP contribution in [0.25, 0.3) is 0 Å². The van der Waals surface area contributed by atoms with E-state index in [0.29, 0.717) is 0 Å². The molecule has 2 aliphatic rings. The minimum absolute atomic E-state index is 0. The van der Waals surface area contributed by atoms with Crippen LogP contribution in [0.4, 0.5) is 0 Å². The molecular formula is C16H31ClN2O2. The predicted molar refractivity (Wildman–Crippen MR) is 87.6 cm³/mol. The van der Waals surface area contributed by atoms with Gasteiger partial charge >= 0.3 is 0 Å². The number of carbonyl (C=O) groups is 1. The Kier molecular flexibility index (Phi) is 6.51. The van der Waals surface area contributed by atoms with Crippen LogP contribution in [0.3, 0.4) is 0 Å². The lowest BCUT2D eigenvalue weighted by Crippen LogP contribution is -2.67. The van der Waals surface area contributed by atoms with Crippen LogP contribution in [0.15, 0.2) is 0 Å². The van der Waals surface area contributed by atoms with Crippen molar-refractivity contribution in [1.82, 2.24) is 5.32 Å². The van der Waals surface area contributed by atoms with Gasteiger partial charge in [-0.1, -0.05) is 33.1 Å². The molecule has 0 aromatic rings. The highest BCUT2D eigenvalue weighted by Crippen LogP contribution is 2.48. The summed E-state index contributed by atoms with van der Waals surface area (Å²) in [6.07, 6.45) is 8.24. The van der Waals surface area contributed by atoms with Gasteiger partial charge in [-0.15, -0.1) is 12.4 Å². The van der Waals surface area contributed by atoms with Crippen LogP contribution in [-0.2, 0) is 9.53 Å². The number of hydrogen-bond donors (Lipinski definition) is 2. The summed E-state index contributed by atoms with van der Waals surface area (Å²) >= 11 is 0. The number of halogens is 1. The Morgan fingerprint density at radius 1 is 1.24 bits per heavy atom. The molecule has 5 heteroatoms. The average Bonchev–Trinajstić information content (AvgIpc) is 2.45. The van der Waals surface area contributed by atoms with Gasteiger partial charge < -0.3 is 15.8 Å². The smallest absolute Gasteiger partial charge is 0.240 e. The Morgan fingerprint density at radius 2 is 1.81 bits per heavy atom. The minimum Gasteiger partial charge on any atom is -0.381 e. The van der Waals surface area contributed by atoms with Gasteiger partial charge in [0.1, 0.15) is 0 Å². The highest BCUT2D eigenvalue weighted by molar-refractivity contribution is 5.86. The summed E-state index contributed by atoms with van der Waals surface area (Å²) in [5.41, 5.74) is 5.78. The second kappa shape index (κ2) is 7.30. The molecule has 3 N–H and O–H groups in total. The molecule has 0 radical (unpaired) electrons. The van der Waals surface area contributed by atoms with Crippen molar-refractivity contribution in [2.45, 2.75) is 82.9 Å². The number of nitrogens with two attached hydrogens (primary N) is 1. The zero-order valence-corrected chi connectivity index (χ0v) is 14.4. The summed E-state index contributed by atoms with van der Waals surface area (Å²) in [5, 5.41) is 3.24. The standard InChI is InChI=1S/C16H30N2O2.ClH/c1-4-15(5-2)12(11-13(15)20-3)18-14(19)16(17)9-7-6-8-10-16;/h12-13H,4-11,17H2,1-3H3,(H,18,19);1H. The maximum atomic E-state index is 12.6. The molecule has 2 aliphatic carbocycles. The van der Waals surface area contributed by atoms with Gasteiger partial charge in [-0.25, -0.2) is 0 Å². The summed E-state index contributed by atoms with van der Waals surface area (Å²) < 4.78 is 5.58. The van der Waals surface area contributed by atoms with Gasteiger partial charge in [0.15, 0.2) is 0 Å². The van der Waals surface area contributed by atoms with Crippen LogP contribution in [0, 0.1) is 5.41 Å². The fourth-order valence-corrected chi connectivity index (χ4v) is 4.19. The van der Waals surface area contributed by atoms with Crippen molar-refractivity contribution in [3.05, 3.63) is 0 Å².